The normalized spacial score (nSPS) is 26.5. The van der Waals surface area contributed by atoms with E-state index in [-0.39, 0.29) is 0 Å². The lowest BCUT2D eigenvalue weighted by Crippen LogP contribution is -2.36. The first-order valence-electron chi connectivity index (χ1n) is 11.0. The highest BCUT2D eigenvalue weighted by Gasteiger charge is 2.43. The number of nitrogens with zero attached hydrogens (tertiary/aromatic N) is 2. The van der Waals surface area contributed by atoms with Crippen LogP contribution in [-0.2, 0) is 11.2 Å². The van der Waals surface area contributed by atoms with E-state index in [1.165, 1.54) is 36.8 Å². The average molecular weight is 387 g/mol. The standard InChI is InChI=1S/C24H38N2O2/c1-6-28-23-11-10-18(12-17(23)2)8-7-9-24(27)26(5)22-15-19-13-21(25(3)4)14-20(19)16-22/h10-12,19-22H,6-9,13-16H2,1-5H3/t19-,20+,21?,22?. The molecule has 1 amide bonds. The van der Waals surface area contributed by atoms with Crippen LogP contribution in [0.15, 0.2) is 18.2 Å². The quantitative estimate of drug-likeness (QED) is 0.668. The van der Waals surface area contributed by atoms with Crippen LogP contribution in [0.2, 0.25) is 0 Å². The Morgan fingerprint density at radius 3 is 2.29 bits per heavy atom. The van der Waals surface area contributed by atoms with Gasteiger partial charge in [0.05, 0.1) is 6.61 Å². The minimum atomic E-state index is 0.316. The number of ether oxygens (including phenoxy) is 1. The van der Waals surface area contributed by atoms with E-state index in [9.17, 15) is 4.79 Å². The largest absolute Gasteiger partial charge is 0.494 e. The summed E-state index contributed by atoms with van der Waals surface area (Å²) >= 11 is 0. The molecule has 2 aliphatic rings. The van der Waals surface area contributed by atoms with Crippen molar-refractivity contribution >= 4 is 5.91 Å². The Bertz CT molecular complexity index is 659. The van der Waals surface area contributed by atoms with Gasteiger partial charge in [-0.25, -0.2) is 0 Å². The van der Waals surface area contributed by atoms with E-state index in [4.69, 9.17) is 4.74 Å². The number of rotatable bonds is 8. The van der Waals surface area contributed by atoms with Crippen LogP contribution in [-0.4, -0.2) is 55.5 Å². The maximum absolute atomic E-state index is 12.7. The van der Waals surface area contributed by atoms with Crippen LogP contribution in [0.25, 0.3) is 0 Å². The zero-order chi connectivity index (χ0) is 20.3. The highest BCUT2D eigenvalue weighted by Crippen LogP contribution is 2.46. The van der Waals surface area contributed by atoms with Crippen LogP contribution < -0.4 is 4.74 Å². The highest BCUT2D eigenvalue weighted by atomic mass is 16.5. The number of carbonyl (C=O) groups is 1. The topological polar surface area (TPSA) is 32.8 Å². The van der Waals surface area contributed by atoms with Crippen molar-refractivity contribution in [2.75, 3.05) is 27.7 Å². The molecule has 1 aromatic carbocycles. The highest BCUT2D eigenvalue weighted by molar-refractivity contribution is 5.76. The maximum Gasteiger partial charge on any atom is 0.222 e. The lowest BCUT2D eigenvalue weighted by Gasteiger charge is -2.27. The van der Waals surface area contributed by atoms with E-state index in [0.29, 0.717) is 25.0 Å². The Hall–Kier alpha value is -1.55. The van der Waals surface area contributed by atoms with E-state index in [2.05, 4.69) is 49.0 Å². The Labute approximate surface area is 171 Å². The molecule has 4 nitrogen and oxygen atoms in total. The molecule has 4 heteroatoms. The Balaban J connectivity index is 1.43. The summed E-state index contributed by atoms with van der Waals surface area (Å²) in [6.07, 6.45) is 7.55. The van der Waals surface area contributed by atoms with Gasteiger partial charge in [0.2, 0.25) is 5.91 Å². The van der Waals surface area contributed by atoms with Gasteiger partial charge in [-0.15, -0.1) is 0 Å². The fourth-order valence-corrected chi connectivity index (χ4v) is 5.30. The van der Waals surface area contributed by atoms with Gasteiger partial charge in [-0.05, 0) is 95.5 Å². The van der Waals surface area contributed by atoms with Crippen LogP contribution in [0.3, 0.4) is 0 Å². The predicted molar refractivity (Wildman–Crippen MR) is 115 cm³/mol. The Morgan fingerprint density at radius 2 is 1.71 bits per heavy atom. The lowest BCUT2D eigenvalue weighted by molar-refractivity contribution is -0.132. The summed E-state index contributed by atoms with van der Waals surface area (Å²) in [4.78, 5) is 17.2. The van der Waals surface area contributed by atoms with Crippen LogP contribution in [0, 0.1) is 18.8 Å². The molecule has 0 N–H and O–H groups in total. The van der Waals surface area contributed by atoms with Gasteiger partial charge in [-0.1, -0.05) is 12.1 Å². The number of hydrogen-bond donors (Lipinski definition) is 0. The lowest BCUT2D eigenvalue weighted by atomic mass is 10.0. The number of carbonyl (C=O) groups excluding carboxylic acids is 1. The molecule has 0 aromatic heterocycles. The molecule has 2 aliphatic carbocycles. The number of aryl methyl sites for hydroxylation is 2. The van der Waals surface area contributed by atoms with Crippen molar-refractivity contribution in [3.63, 3.8) is 0 Å². The van der Waals surface area contributed by atoms with Crippen molar-refractivity contribution in [2.45, 2.75) is 70.9 Å². The second-order valence-corrected chi connectivity index (χ2v) is 9.13. The van der Waals surface area contributed by atoms with Crippen molar-refractivity contribution in [3.05, 3.63) is 29.3 Å². The van der Waals surface area contributed by atoms with Crippen molar-refractivity contribution in [1.29, 1.82) is 0 Å². The number of amides is 1. The van der Waals surface area contributed by atoms with E-state index in [1.807, 2.05) is 14.0 Å². The number of fused-ring (bicyclic) bond motifs is 1. The van der Waals surface area contributed by atoms with Crippen molar-refractivity contribution in [2.24, 2.45) is 11.8 Å². The van der Waals surface area contributed by atoms with Gasteiger partial charge in [-0.3, -0.25) is 4.79 Å². The molecule has 2 fully saturated rings. The summed E-state index contributed by atoms with van der Waals surface area (Å²) in [6.45, 7) is 4.79. The second kappa shape index (κ2) is 9.30. The van der Waals surface area contributed by atoms with Crippen molar-refractivity contribution < 1.29 is 9.53 Å². The molecular formula is C24H38N2O2. The van der Waals surface area contributed by atoms with Crippen LogP contribution in [0.4, 0.5) is 0 Å². The van der Waals surface area contributed by atoms with Gasteiger partial charge in [0.1, 0.15) is 5.75 Å². The van der Waals surface area contributed by atoms with Crippen LogP contribution >= 0.6 is 0 Å². The zero-order valence-corrected chi connectivity index (χ0v) is 18.4. The second-order valence-electron chi connectivity index (χ2n) is 9.13. The van der Waals surface area contributed by atoms with Gasteiger partial charge >= 0.3 is 0 Å². The third kappa shape index (κ3) is 4.89. The summed E-state index contributed by atoms with van der Waals surface area (Å²) in [5.74, 6) is 2.92. The van der Waals surface area contributed by atoms with E-state index < -0.39 is 0 Å². The maximum atomic E-state index is 12.7. The summed E-state index contributed by atoms with van der Waals surface area (Å²) in [7, 11) is 6.42. The first-order chi connectivity index (χ1) is 13.4. The molecule has 3 rings (SSSR count). The summed E-state index contributed by atoms with van der Waals surface area (Å²) < 4.78 is 5.61. The molecule has 0 spiro atoms. The molecule has 0 saturated heterocycles. The number of benzene rings is 1. The van der Waals surface area contributed by atoms with Gasteiger partial charge in [-0.2, -0.15) is 0 Å². The molecule has 4 atom stereocenters. The third-order valence-corrected chi connectivity index (χ3v) is 7.03. The monoisotopic (exact) mass is 386 g/mol. The van der Waals surface area contributed by atoms with E-state index >= 15 is 0 Å². The summed E-state index contributed by atoms with van der Waals surface area (Å²) in [6, 6.07) is 7.58. The van der Waals surface area contributed by atoms with Crippen LogP contribution in [0.5, 0.6) is 5.75 Å². The van der Waals surface area contributed by atoms with E-state index in [1.54, 1.807) is 0 Å². The fourth-order valence-electron chi connectivity index (χ4n) is 5.30. The molecule has 2 saturated carbocycles. The number of hydrogen-bond acceptors (Lipinski definition) is 3. The zero-order valence-electron chi connectivity index (χ0n) is 18.4. The minimum Gasteiger partial charge on any atom is -0.494 e. The third-order valence-electron chi connectivity index (χ3n) is 7.03. The van der Waals surface area contributed by atoms with Gasteiger partial charge in [0, 0.05) is 25.6 Å². The molecule has 0 aliphatic heterocycles. The molecule has 0 bridgehead atoms. The molecule has 0 heterocycles. The predicted octanol–water partition coefficient (Wildman–Crippen LogP) is 4.29. The molecule has 0 radical (unpaired) electrons. The Kier molecular flexibility index (Phi) is 7.03. The minimum absolute atomic E-state index is 0.316. The summed E-state index contributed by atoms with van der Waals surface area (Å²) in [5.41, 5.74) is 2.47. The van der Waals surface area contributed by atoms with Gasteiger partial charge in [0.25, 0.3) is 0 Å². The Morgan fingerprint density at radius 1 is 1.07 bits per heavy atom. The molecule has 156 valence electrons. The van der Waals surface area contributed by atoms with E-state index in [0.717, 1.165) is 36.5 Å². The first kappa shape index (κ1) is 21.2. The first-order valence-corrected chi connectivity index (χ1v) is 11.0. The van der Waals surface area contributed by atoms with Crippen molar-refractivity contribution in [3.8, 4) is 5.75 Å². The molecule has 2 unspecified atom stereocenters. The van der Waals surface area contributed by atoms with Crippen molar-refractivity contribution in [1.82, 2.24) is 9.80 Å². The van der Waals surface area contributed by atoms with Crippen LogP contribution in [0.1, 0.15) is 56.6 Å². The SMILES string of the molecule is CCOc1ccc(CCCC(=O)N(C)C2C[C@H]3CC(N(C)C)C[C@H]3C2)cc1C. The van der Waals surface area contributed by atoms with Gasteiger partial charge in [0.15, 0.2) is 0 Å². The summed E-state index contributed by atoms with van der Waals surface area (Å²) in [5, 5.41) is 0. The average Bonchev–Trinajstić information content (AvgIpc) is 3.22. The van der Waals surface area contributed by atoms with Gasteiger partial charge < -0.3 is 14.5 Å². The fraction of sp³-hybridized carbons (Fsp3) is 0.708. The smallest absolute Gasteiger partial charge is 0.222 e. The molecule has 28 heavy (non-hydrogen) atoms. The molecule has 1 aromatic rings. The molecular weight excluding hydrogens is 348 g/mol.